The molecule has 0 radical (unpaired) electrons. The Kier molecular flexibility index (Phi) is 3.96. The van der Waals surface area contributed by atoms with Crippen molar-refractivity contribution >= 4 is 11.4 Å². The smallest absolute Gasteiger partial charge is 0.128 e. The molecule has 24 heavy (non-hydrogen) atoms. The fourth-order valence-corrected chi connectivity index (χ4v) is 3.60. The Bertz CT molecular complexity index is 751. The Hall–Kier alpha value is -2.74. The Morgan fingerprint density at radius 2 is 1.21 bits per heavy atom. The molecule has 3 aromatic rings. The number of anilines is 2. The van der Waals surface area contributed by atoms with Crippen LogP contribution in [0.1, 0.15) is 17.3 Å². The summed E-state index contributed by atoms with van der Waals surface area (Å²) in [4.78, 5) is 5.00. The minimum absolute atomic E-state index is 0.231. The van der Waals surface area contributed by atoms with Gasteiger partial charge < -0.3 is 9.80 Å². The van der Waals surface area contributed by atoms with E-state index >= 15 is 0 Å². The maximum Gasteiger partial charge on any atom is 0.128 e. The maximum atomic E-state index is 2.50. The van der Waals surface area contributed by atoms with E-state index in [1.807, 2.05) is 0 Å². The highest BCUT2D eigenvalue weighted by Crippen LogP contribution is 2.37. The molecule has 4 rings (SSSR count). The van der Waals surface area contributed by atoms with E-state index in [0.717, 1.165) is 13.1 Å². The first-order valence-electron chi connectivity index (χ1n) is 8.53. The Morgan fingerprint density at radius 1 is 0.667 bits per heavy atom. The topological polar surface area (TPSA) is 6.48 Å². The van der Waals surface area contributed by atoms with Crippen LogP contribution in [0.3, 0.4) is 0 Å². The molecule has 3 aromatic carbocycles. The third kappa shape index (κ3) is 2.76. The summed E-state index contributed by atoms with van der Waals surface area (Å²) in [5.74, 6) is 0. The van der Waals surface area contributed by atoms with Crippen LogP contribution in [0.15, 0.2) is 84.9 Å². The zero-order valence-electron chi connectivity index (χ0n) is 14.0. The number of rotatable bonds is 3. The molecule has 0 spiro atoms. The number of para-hydroxylation sites is 2. The third-order valence-corrected chi connectivity index (χ3v) is 4.69. The van der Waals surface area contributed by atoms with Crippen LogP contribution in [0.25, 0.3) is 0 Å². The van der Waals surface area contributed by atoms with Gasteiger partial charge in [-0.15, -0.1) is 0 Å². The first kappa shape index (κ1) is 14.8. The van der Waals surface area contributed by atoms with Crippen LogP contribution in [0.5, 0.6) is 0 Å². The summed E-state index contributed by atoms with van der Waals surface area (Å²) in [6.07, 6.45) is 0.231. The van der Waals surface area contributed by atoms with Crippen molar-refractivity contribution in [3.05, 3.63) is 96.1 Å². The summed E-state index contributed by atoms with van der Waals surface area (Å²) in [7, 11) is 0. The summed E-state index contributed by atoms with van der Waals surface area (Å²) in [5.41, 5.74) is 5.21. The molecule has 1 aliphatic rings. The van der Waals surface area contributed by atoms with Crippen molar-refractivity contribution in [3.63, 3.8) is 0 Å². The largest absolute Gasteiger partial charge is 0.346 e. The van der Waals surface area contributed by atoms with E-state index in [4.69, 9.17) is 0 Å². The molecule has 1 fully saturated rings. The molecule has 1 aliphatic heterocycles. The zero-order chi connectivity index (χ0) is 16.4. The SMILES string of the molecule is Cc1cccc(C2N(c3ccccc3)CCN2c2ccccc2)c1. The molecule has 120 valence electrons. The van der Waals surface area contributed by atoms with Crippen LogP contribution in [0.4, 0.5) is 11.4 Å². The fraction of sp³-hybridized carbons (Fsp3) is 0.182. The van der Waals surface area contributed by atoms with Crippen LogP contribution >= 0.6 is 0 Å². The second kappa shape index (κ2) is 6.40. The van der Waals surface area contributed by atoms with Gasteiger partial charge in [-0.1, -0.05) is 66.2 Å². The summed E-state index contributed by atoms with van der Waals surface area (Å²) >= 11 is 0. The highest BCUT2D eigenvalue weighted by atomic mass is 15.4. The lowest BCUT2D eigenvalue weighted by Crippen LogP contribution is -2.30. The lowest BCUT2D eigenvalue weighted by atomic mass is 10.1. The summed E-state index contributed by atoms with van der Waals surface area (Å²) in [6, 6.07) is 30.3. The molecule has 1 saturated heterocycles. The lowest BCUT2D eigenvalue weighted by molar-refractivity contribution is 0.717. The molecule has 1 heterocycles. The highest BCUT2D eigenvalue weighted by Gasteiger charge is 2.33. The van der Waals surface area contributed by atoms with Gasteiger partial charge in [-0.25, -0.2) is 0 Å². The predicted molar refractivity (Wildman–Crippen MR) is 101 cm³/mol. The van der Waals surface area contributed by atoms with Gasteiger partial charge in [0.15, 0.2) is 0 Å². The average molecular weight is 314 g/mol. The number of hydrogen-bond acceptors (Lipinski definition) is 2. The molecule has 0 aromatic heterocycles. The van der Waals surface area contributed by atoms with Crippen LogP contribution in [0, 0.1) is 6.92 Å². The number of aryl methyl sites for hydroxylation is 1. The monoisotopic (exact) mass is 314 g/mol. The van der Waals surface area contributed by atoms with Crippen LogP contribution in [-0.2, 0) is 0 Å². The predicted octanol–water partition coefficient (Wildman–Crippen LogP) is 5.02. The average Bonchev–Trinajstić information content (AvgIpc) is 3.08. The lowest BCUT2D eigenvalue weighted by Gasteiger charge is -2.33. The van der Waals surface area contributed by atoms with E-state index in [1.54, 1.807) is 0 Å². The van der Waals surface area contributed by atoms with Gasteiger partial charge in [0.05, 0.1) is 0 Å². The van der Waals surface area contributed by atoms with Gasteiger partial charge in [0, 0.05) is 24.5 Å². The molecular formula is C22H22N2. The van der Waals surface area contributed by atoms with Gasteiger partial charge >= 0.3 is 0 Å². The molecule has 0 amide bonds. The van der Waals surface area contributed by atoms with Crippen molar-refractivity contribution in [2.75, 3.05) is 22.9 Å². The van der Waals surface area contributed by atoms with E-state index < -0.39 is 0 Å². The first-order chi connectivity index (χ1) is 11.8. The van der Waals surface area contributed by atoms with Gasteiger partial charge in [-0.2, -0.15) is 0 Å². The number of nitrogens with zero attached hydrogens (tertiary/aromatic N) is 2. The summed E-state index contributed by atoms with van der Waals surface area (Å²) in [6.45, 7) is 4.22. The normalized spacial score (nSPS) is 15.0. The molecule has 0 N–H and O–H groups in total. The van der Waals surface area contributed by atoms with Gasteiger partial charge in [-0.05, 0) is 36.8 Å². The molecule has 2 nitrogen and oxygen atoms in total. The molecular weight excluding hydrogens is 292 g/mol. The molecule has 0 aliphatic carbocycles. The van der Waals surface area contributed by atoms with E-state index in [-0.39, 0.29) is 6.17 Å². The second-order valence-electron chi connectivity index (χ2n) is 6.35. The van der Waals surface area contributed by atoms with Crippen LogP contribution < -0.4 is 9.80 Å². The van der Waals surface area contributed by atoms with E-state index in [2.05, 4.69) is 102 Å². The van der Waals surface area contributed by atoms with Gasteiger partial charge in [0.25, 0.3) is 0 Å². The highest BCUT2D eigenvalue weighted by molar-refractivity contribution is 5.59. The van der Waals surface area contributed by atoms with E-state index in [0.29, 0.717) is 0 Å². The molecule has 0 saturated carbocycles. The van der Waals surface area contributed by atoms with Crippen molar-refractivity contribution in [2.45, 2.75) is 13.1 Å². The zero-order valence-corrected chi connectivity index (χ0v) is 14.0. The van der Waals surface area contributed by atoms with Crippen molar-refractivity contribution in [3.8, 4) is 0 Å². The van der Waals surface area contributed by atoms with Gasteiger partial charge in [0.2, 0.25) is 0 Å². The summed E-state index contributed by atoms with van der Waals surface area (Å²) < 4.78 is 0. The Balaban J connectivity index is 1.78. The van der Waals surface area contributed by atoms with Crippen molar-refractivity contribution < 1.29 is 0 Å². The van der Waals surface area contributed by atoms with Crippen molar-refractivity contribution in [2.24, 2.45) is 0 Å². The third-order valence-electron chi connectivity index (χ3n) is 4.69. The Labute approximate surface area is 144 Å². The molecule has 0 bridgehead atoms. The van der Waals surface area contributed by atoms with Gasteiger partial charge in [-0.3, -0.25) is 0 Å². The van der Waals surface area contributed by atoms with Crippen LogP contribution in [0.2, 0.25) is 0 Å². The molecule has 0 unspecified atom stereocenters. The number of hydrogen-bond donors (Lipinski definition) is 0. The first-order valence-corrected chi connectivity index (χ1v) is 8.53. The summed E-state index contributed by atoms with van der Waals surface area (Å²) in [5, 5.41) is 0. The number of benzene rings is 3. The van der Waals surface area contributed by atoms with E-state index in [9.17, 15) is 0 Å². The molecule has 2 heteroatoms. The minimum atomic E-state index is 0.231. The molecule has 0 atom stereocenters. The van der Waals surface area contributed by atoms with Crippen molar-refractivity contribution in [1.29, 1.82) is 0 Å². The maximum absolute atomic E-state index is 2.50. The van der Waals surface area contributed by atoms with E-state index in [1.165, 1.54) is 22.5 Å². The second-order valence-corrected chi connectivity index (χ2v) is 6.35. The van der Waals surface area contributed by atoms with Gasteiger partial charge in [0.1, 0.15) is 6.17 Å². The standard InChI is InChI=1S/C22H22N2/c1-18-9-8-10-19(17-18)22-23(20-11-4-2-5-12-20)15-16-24(22)21-13-6-3-7-14-21/h2-14,17,22H,15-16H2,1H3. The minimum Gasteiger partial charge on any atom is -0.346 e. The van der Waals surface area contributed by atoms with Crippen LogP contribution in [-0.4, -0.2) is 13.1 Å². The Morgan fingerprint density at radius 3 is 1.71 bits per heavy atom. The van der Waals surface area contributed by atoms with Crippen molar-refractivity contribution in [1.82, 2.24) is 0 Å². The quantitative estimate of drug-likeness (QED) is 0.669. The fourth-order valence-electron chi connectivity index (χ4n) is 3.60.